The maximum atomic E-state index is 11.8. The van der Waals surface area contributed by atoms with Gasteiger partial charge in [-0.2, -0.15) is 0 Å². The highest BCUT2D eigenvalue weighted by Gasteiger charge is 2.21. The molecule has 2 N–H and O–H groups in total. The largest absolute Gasteiger partial charge is 0.481 e. The van der Waals surface area contributed by atoms with Crippen molar-refractivity contribution < 1.29 is 19.4 Å². The van der Waals surface area contributed by atoms with E-state index in [-0.39, 0.29) is 12.5 Å². The number of alkyl carbamates (subject to hydrolysis) is 1. The minimum absolute atomic E-state index is 0.0156. The molecule has 0 aliphatic rings. The van der Waals surface area contributed by atoms with E-state index in [0.717, 1.165) is 5.69 Å². The molecule has 1 atom stereocenters. The van der Waals surface area contributed by atoms with Gasteiger partial charge in [0.2, 0.25) is 0 Å². The van der Waals surface area contributed by atoms with Crippen LogP contribution in [0.25, 0.3) is 0 Å². The predicted octanol–water partition coefficient (Wildman–Crippen LogP) is 1.72. The zero-order chi connectivity index (χ0) is 16.0. The number of carbonyl (C=O) groups is 2. The summed E-state index contributed by atoms with van der Waals surface area (Å²) in [7, 11) is 1.85. The number of hydrogen-bond acceptors (Lipinski definition) is 4. The minimum Gasteiger partial charge on any atom is -0.481 e. The molecule has 7 nitrogen and oxygen atoms in total. The van der Waals surface area contributed by atoms with Gasteiger partial charge in [0.15, 0.2) is 0 Å². The number of aryl methyl sites for hydroxylation is 1. The first-order chi connectivity index (χ1) is 9.67. The molecule has 0 bridgehead atoms. The van der Waals surface area contributed by atoms with Crippen LogP contribution >= 0.6 is 0 Å². The second-order valence-electron chi connectivity index (χ2n) is 5.98. The Morgan fingerprint density at radius 2 is 2.14 bits per heavy atom. The molecule has 0 spiro atoms. The van der Waals surface area contributed by atoms with E-state index in [4.69, 9.17) is 9.84 Å². The number of amides is 1. The molecule has 0 aromatic carbocycles. The molecule has 0 fully saturated rings. The van der Waals surface area contributed by atoms with Gasteiger partial charge in [-0.05, 0) is 27.2 Å². The third-order valence-electron chi connectivity index (χ3n) is 2.80. The number of imidazole rings is 1. The van der Waals surface area contributed by atoms with Crippen LogP contribution < -0.4 is 5.32 Å². The molecule has 1 unspecified atom stereocenters. The third kappa shape index (κ3) is 6.78. The van der Waals surface area contributed by atoms with Gasteiger partial charge in [-0.15, -0.1) is 0 Å². The fourth-order valence-electron chi connectivity index (χ4n) is 1.83. The Hall–Kier alpha value is -2.05. The topological polar surface area (TPSA) is 93.5 Å². The maximum absolute atomic E-state index is 11.8. The molecule has 0 aliphatic heterocycles. The van der Waals surface area contributed by atoms with Crippen LogP contribution in [0, 0.1) is 0 Å². The van der Waals surface area contributed by atoms with E-state index < -0.39 is 17.7 Å². The van der Waals surface area contributed by atoms with Crippen LogP contribution in [0.1, 0.15) is 39.3 Å². The summed E-state index contributed by atoms with van der Waals surface area (Å²) in [6.45, 7) is 5.33. The van der Waals surface area contributed by atoms with E-state index in [9.17, 15) is 9.59 Å². The van der Waals surface area contributed by atoms with E-state index in [1.54, 1.807) is 33.3 Å². The Morgan fingerprint density at radius 1 is 1.48 bits per heavy atom. The second kappa shape index (κ2) is 7.10. The molecule has 0 aliphatic carbocycles. The van der Waals surface area contributed by atoms with Gasteiger partial charge < -0.3 is 19.7 Å². The Kier molecular flexibility index (Phi) is 5.75. The molecule has 21 heavy (non-hydrogen) atoms. The quantitative estimate of drug-likeness (QED) is 0.834. The lowest BCUT2D eigenvalue weighted by molar-refractivity contribution is -0.137. The molecule has 1 amide bonds. The predicted molar refractivity (Wildman–Crippen MR) is 76.9 cm³/mol. The second-order valence-corrected chi connectivity index (χ2v) is 5.98. The molecule has 1 rings (SSSR count). The summed E-state index contributed by atoms with van der Waals surface area (Å²) >= 11 is 0. The molecule has 1 aromatic rings. The van der Waals surface area contributed by atoms with Crippen molar-refractivity contribution in [3.05, 3.63) is 18.2 Å². The van der Waals surface area contributed by atoms with E-state index >= 15 is 0 Å². The number of aliphatic carboxylic acids is 1. The molecule has 118 valence electrons. The number of carbonyl (C=O) groups excluding carboxylic acids is 1. The van der Waals surface area contributed by atoms with E-state index in [1.165, 1.54) is 0 Å². The van der Waals surface area contributed by atoms with Crippen molar-refractivity contribution in [2.75, 3.05) is 0 Å². The highest BCUT2D eigenvalue weighted by Crippen LogP contribution is 2.10. The van der Waals surface area contributed by atoms with Crippen LogP contribution in [0.3, 0.4) is 0 Å². The van der Waals surface area contributed by atoms with E-state index in [0.29, 0.717) is 12.8 Å². The maximum Gasteiger partial charge on any atom is 0.407 e. The van der Waals surface area contributed by atoms with Gasteiger partial charge in [0.05, 0.1) is 6.33 Å². The summed E-state index contributed by atoms with van der Waals surface area (Å²) in [5, 5.41) is 11.5. The molecule has 1 aromatic heterocycles. The Bertz CT molecular complexity index is 491. The third-order valence-corrected chi connectivity index (χ3v) is 2.80. The van der Waals surface area contributed by atoms with E-state index in [1.807, 2.05) is 11.6 Å². The average Bonchev–Trinajstić information content (AvgIpc) is 2.69. The molecule has 1 heterocycles. The zero-order valence-electron chi connectivity index (χ0n) is 12.9. The molecular weight excluding hydrogens is 274 g/mol. The van der Waals surface area contributed by atoms with Gasteiger partial charge in [-0.1, -0.05) is 0 Å². The lowest BCUT2D eigenvalue weighted by Crippen LogP contribution is -2.40. The van der Waals surface area contributed by atoms with Crippen molar-refractivity contribution in [1.82, 2.24) is 14.9 Å². The highest BCUT2D eigenvalue weighted by atomic mass is 16.6. The van der Waals surface area contributed by atoms with Gasteiger partial charge in [-0.25, -0.2) is 9.78 Å². The number of ether oxygens (including phenoxy) is 1. The molecule has 0 saturated heterocycles. The van der Waals surface area contributed by atoms with Crippen molar-refractivity contribution in [2.45, 2.75) is 51.7 Å². The van der Waals surface area contributed by atoms with Crippen molar-refractivity contribution in [1.29, 1.82) is 0 Å². The first kappa shape index (κ1) is 17.0. The average molecular weight is 297 g/mol. The van der Waals surface area contributed by atoms with Gasteiger partial charge in [-0.3, -0.25) is 4.79 Å². The van der Waals surface area contributed by atoms with Crippen LogP contribution in [-0.4, -0.2) is 38.4 Å². The first-order valence-electron chi connectivity index (χ1n) is 6.84. The lowest BCUT2D eigenvalue weighted by atomic mass is 10.1. The summed E-state index contributed by atoms with van der Waals surface area (Å²) in [5.41, 5.74) is 0.329. The number of nitrogens with one attached hydrogen (secondary N) is 1. The summed E-state index contributed by atoms with van der Waals surface area (Å²) in [4.78, 5) is 26.6. The first-order valence-corrected chi connectivity index (χ1v) is 6.84. The summed E-state index contributed by atoms with van der Waals surface area (Å²) in [6.07, 6.45) is 3.64. The number of aromatic nitrogens is 2. The van der Waals surface area contributed by atoms with Crippen LogP contribution in [0.5, 0.6) is 0 Å². The number of hydrogen-bond donors (Lipinski definition) is 2. The number of carboxylic acids is 1. The minimum atomic E-state index is -0.893. The molecule has 7 heteroatoms. The summed E-state index contributed by atoms with van der Waals surface area (Å²) < 4.78 is 7.04. The SMILES string of the molecule is Cn1cncc1CC(CCC(=O)O)NC(=O)OC(C)(C)C. The van der Waals surface area contributed by atoms with Crippen LogP contribution in [0.15, 0.2) is 12.5 Å². The smallest absolute Gasteiger partial charge is 0.407 e. The molecule has 0 saturated carbocycles. The zero-order valence-corrected chi connectivity index (χ0v) is 12.9. The van der Waals surface area contributed by atoms with Crippen LogP contribution in [-0.2, 0) is 23.0 Å². The van der Waals surface area contributed by atoms with Crippen molar-refractivity contribution >= 4 is 12.1 Å². The fourth-order valence-corrected chi connectivity index (χ4v) is 1.83. The Morgan fingerprint density at radius 3 is 2.62 bits per heavy atom. The highest BCUT2D eigenvalue weighted by molar-refractivity contribution is 5.69. The lowest BCUT2D eigenvalue weighted by Gasteiger charge is -2.23. The van der Waals surface area contributed by atoms with Crippen LogP contribution in [0.4, 0.5) is 4.79 Å². The number of carboxylic acid groups (broad SMARTS) is 1. The van der Waals surface area contributed by atoms with Gasteiger partial charge in [0.1, 0.15) is 5.60 Å². The van der Waals surface area contributed by atoms with E-state index in [2.05, 4.69) is 10.3 Å². The van der Waals surface area contributed by atoms with Gasteiger partial charge >= 0.3 is 12.1 Å². The van der Waals surface area contributed by atoms with Crippen molar-refractivity contribution in [3.63, 3.8) is 0 Å². The van der Waals surface area contributed by atoms with Gasteiger partial charge in [0.25, 0.3) is 0 Å². The van der Waals surface area contributed by atoms with Gasteiger partial charge in [0, 0.05) is 37.8 Å². The summed E-state index contributed by atoms with van der Waals surface area (Å²) in [5.74, 6) is -0.893. The summed E-state index contributed by atoms with van der Waals surface area (Å²) in [6, 6.07) is -0.314. The Labute approximate surface area is 124 Å². The van der Waals surface area contributed by atoms with Crippen molar-refractivity contribution in [3.8, 4) is 0 Å². The number of nitrogens with zero attached hydrogens (tertiary/aromatic N) is 2. The normalized spacial score (nSPS) is 12.8. The monoisotopic (exact) mass is 297 g/mol. The molecular formula is C14H23N3O4. The number of rotatable bonds is 6. The standard InChI is InChI=1S/C14H23N3O4/c1-14(2,3)21-13(20)16-10(5-6-12(18)19)7-11-8-15-9-17(11)4/h8-10H,5-7H2,1-4H3,(H,16,20)(H,18,19). The van der Waals surface area contributed by atoms with Crippen molar-refractivity contribution in [2.24, 2.45) is 7.05 Å². The molecule has 0 radical (unpaired) electrons. The van der Waals surface area contributed by atoms with Crippen LogP contribution in [0.2, 0.25) is 0 Å². The Balaban J connectivity index is 2.66. The fraction of sp³-hybridized carbons (Fsp3) is 0.643.